The van der Waals surface area contributed by atoms with Crippen molar-refractivity contribution in [1.29, 1.82) is 0 Å². The van der Waals surface area contributed by atoms with Crippen LogP contribution < -0.4 is 5.32 Å². The summed E-state index contributed by atoms with van der Waals surface area (Å²) in [4.78, 5) is 0. The molecule has 0 aliphatic heterocycles. The van der Waals surface area contributed by atoms with Crippen molar-refractivity contribution >= 4 is 15.9 Å². The molecule has 0 spiro atoms. The van der Waals surface area contributed by atoms with Crippen LogP contribution in [0.3, 0.4) is 0 Å². The van der Waals surface area contributed by atoms with Crippen molar-refractivity contribution in [2.45, 2.75) is 52.0 Å². The largest absolute Gasteiger partial charge is 0.312 e. The summed E-state index contributed by atoms with van der Waals surface area (Å²) >= 11 is 3.48. The van der Waals surface area contributed by atoms with Gasteiger partial charge in [-0.05, 0) is 55.8 Å². The Balaban J connectivity index is 2.40. The molecule has 3 heteroatoms. The first-order valence-electron chi connectivity index (χ1n) is 7.61. The van der Waals surface area contributed by atoms with E-state index >= 15 is 0 Å². The van der Waals surface area contributed by atoms with E-state index in [2.05, 4.69) is 35.1 Å². The molecule has 1 N–H and O–H groups in total. The predicted molar refractivity (Wildman–Crippen MR) is 86.3 cm³/mol. The Kier molecular flexibility index (Phi) is 5.25. The fourth-order valence-electron chi connectivity index (χ4n) is 4.03. The van der Waals surface area contributed by atoms with Crippen molar-refractivity contribution in [3.8, 4) is 0 Å². The lowest BCUT2D eigenvalue weighted by Gasteiger charge is -2.39. The van der Waals surface area contributed by atoms with Crippen LogP contribution in [0.2, 0.25) is 0 Å². The maximum Gasteiger partial charge on any atom is 0.128 e. The molecule has 0 aromatic heterocycles. The molecule has 0 heterocycles. The SMILES string of the molecule is CNC(c1cc(Br)ccc1F)C1(CC(C)C)CCCC1. The highest BCUT2D eigenvalue weighted by Crippen LogP contribution is 2.52. The first-order valence-corrected chi connectivity index (χ1v) is 8.40. The Morgan fingerprint density at radius 3 is 2.50 bits per heavy atom. The molecule has 1 fully saturated rings. The van der Waals surface area contributed by atoms with E-state index in [4.69, 9.17) is 0 Å². The molecule has 112 valence electrons. The molecule has 0 radical (unpaired) electrons. The predicted octanol–water partition coefficient (Wildman–Crippen LogP) is 5.46. The first kappa shape index (κ1) is 16.0. The number of halogens is 2. The van der Waals surface area contributed by atoms with Crippen molar-refractivity contribution in [1.82, 2.24) is 5.32 Å². The Bertz CT molecular complexity index is 452. The average Bonchev–Trinajstić information content (AvgIpc) is 2.83. The van der Waals surface area contributed by atoms with Gasteiger partial charge in [0.2, 0.25) is 0 Å². The highest BCUT2D eigenvalue weighted by molar-refractivity contribution is 9.10. The summed E-state index contributed by atoms with van der Waals surface area (Å²) in [7, 11) is 1.96. The highest BCUT2D eigenvalue weighted by Gasteiger charge is 2.42. The normalized spacial score (nSPS) is 19.5. The molecular formula is C17H25BrFN. The number of nitrogens with one attached hydrogen (secondary N) is 1. The summed E-state index contributed by atoms with van der Waals surface area (Å²) in [5, 5.41) is 3.41. The van der Waals surface area contributed by atoms with Crippen LogP contribution in [-0.2, 0) is 0 Å². The molecule has 1 aliphatic rings. The standard InChI is InChI=1S/C17H25BrFN/c1-12(2)11-17(8-4-5-9-17)16(20-3)14-10-13(18)6-7-15(14)19/h6-7,10,12,16,20H,4-5,8-9,11H2,1-3H3. The topological polar surface area (TPSA) is 12.0 Å². The fourth-order valence-corrected chi connectivity index (χ4v) is 4.41. The van der Waals surface area contributed by atoms with Gasteiger partial charge in [-0.25, -0.2) is 4.39 Å². The molecule has 0 amide bonds. The van der Waals surface area contributed by atoms with E-state index in [0.717, 1.165) is 16.5 Å². The molecule has 1 aromatic rings. The third kappa shape index (κ3) is 3.25. The quantitative estimate of drug-likeness (QED) is 0.750. The molecule has 0 bridgehead atoms. The smallest absolute Gasteiger partial charge is 0.128 e. The second kappa shape index (κ2) is 6.57. The summed E-state index contributed by atoms with van der Waals surface area (Å²) in [6.07, 6.45) is 6.08. The molecule has 1 aliphatic carbocycles. The molecular weight excluding hydrogens is 317 g/mol. The summed E-state index contributed by atoms with van der Waals surface area (Å²) in [6, 6.07) is 5.39. The molecule has 0 saturated heterocycles. The monoisotopic (exact) mass is 341 g/mol. The van der Waals surface area contributed by atoms with Gasteiger partial charge in [0.15, 0.2) is 0 Å². The molecule has 1 unspecified atom stereocenters. The van der Waals surface area contributed by atoms with Crippen LogP contribution in [0, 0.1) is 17.2 Å². The second-order valence-corrected chi connectivity index (χ2v) is 7.47. The van der Waals surface area contributed by atoms with E-state index < -0.39 is 0 Å². The van der Waals surface area contributed by atoms with Gasteiger partial charge < -0.3 is 5.32 Å². The van der Waals surface area contributed by atoms with Gasteiger partial charge in [0.25, 0.3) is 0 Å². The number of hydrogen-bond donors (Lipinski definition) is 1. The van der Waals surface area contributed by atoms with Crippen molar-refractivity contribution in [2.75, 3.05) is 7.05 Å². The molecule has 2 rings (SSSR count). The second-order valence-electron chi connectivity index (χ2n) is 6.55. The van der Waals surface area contributed by atoms with Crippen LogP contribution in [0.25, 0.3) is 0 Å². The van der Waals surface area contributed by atoms with E-state index in [1.54, 1.807) is 12.1 Å². The van der Waals surface area contributed by atoms with Crippen LogP contribution in [0.5, 0.6) is 0 Å². The Morgan fingerprint density at radius 2 is 1.95 bits per heavy atom. The van der Waals surface area contributed by atoms with E-state index in [0.29, 0.717) is 5.92 Å². The van der Waals surface area contributed by atoms with Crippen molar-refractivity contribution in [3.63, 3.8) is 0 Å². The Morgan fingerprint density at radius 1 is 1.30 bits per heavy atom. The lowest BCUT2D eigenvalue weighted by Crippen LogP contribution is -2.36. The molecule has 1 atom stereocenters. The average molecular weight is 342 g/mol. The van der Waals surface area contributed by atoms with Gasteiger partial charge in [0, 0.05) is 16.1 Å². The van der Waals surface area contributed by atoms with Gasteiger partial charge in [-0.2, -0.15) is 0 Å². The first-order chi connectivity index (χ1) is 9.48. The summed E-state index contributed by atoms with van der Waals surface area (Å²) in [6.45, 7) is 4.54. The molecule has 1 saturated carbocycles. The highest BCUT2D eigenvalue weighted by atomic mass is 79.9. The van der Waals surface area contributed by atoms with E-state index in [1.807, 2.05) is 13.1 Å². The zero-order chi connectivity index (χ0) is 14.8. The van der Waals surface area contributed by atoms with Gasteiger partial charge in [-0.15, -0.1) is 0 Å². The van der Waals surface area contributed by atoms with Gasteiger partial charge in [0.1, 0.15) is 5.82 Å². The summed E-state index contributed by atoms with van der Waals surface area (Å²) < 4.78 is 15.3. The zero-order valence-corrected chi connectivity index (χ0v) is 14.3. The molecule has 1 aromatic carbocycles. The number of rotatable bonds is 5. The van der Waals surface area contributed by atoms with Crippen LogP contribution in [0.4, 0.5) is 4.39 Å². The van der Waals surface area contributed by atoms with Gasteiger partial charge in [0.05, 0.1) is 0 Å². The fraction of sp³-hybridized carbons (Fsp3) is 0.647. The van der Waals surface area contributed by atoms with Crippen LogP contribution in [0.1, 0.15) is 57.6 Å². The minimum atomic E-state index is -0.0948. The van der Waals surface area contributed by atoms with Crippen molar-refractivity contribution < 1.29 is 4.39 Å². The number of hydrogen-bond acceptors (Lipinski definition) is 1. The third-order valence-corrected chi connectivity index (χ3v) is 5.08. The van der Waals surface area contributed by atoms with E-state index in [9.17, 15) is 4.39 Å². The van der Waals surface area contributed by atoms with E-state index in [1.165, 1.54) is 25.7 Å². The maximum absolute atomic E-state index is 14.3. The van der Waals surface area contributed by atoms with Gasteiger partial charge in [-0.1, -0.05) is 42.6 Å². The lowest BCUT2D eigenvalue weighted by atomic mass is 9.70. The van der Waals surface area contributed by atoms with Crippen LogP contribution in [0.15, 0.2) is 22.7 Å². The Labute approximate surface area is 130 Å². The van der Waals surface area contributed by atoms with Crippen molar-refractivity contribution in [3.05, 3.63) is 34.1 Å². The van der Waals surface area contributed by atoms with E-state index in [-0.39, 0.29) is 17.3 Å². The minimum absolute atomic E-state index is 0.0948. The van der Waals surface area contributed by atoms with Crippen LogP contribution in [-0.4, -0.2) is 7.05 Å². The van der Waals surface area contributed by atoms with Crippen molar-refractivity contribution in [2.24, 2.45) is 11.3 Å². The maximum atomic E-state index is 14.3. The van der Waals surface area contributed by atoms with Gasteiger partial charge >= 0.3 is 0 Å². The third-order valence-electron chi connectivity index (χ3n) is 4.58. The summed E-state index contributed by atoms with van der Waals surface area (Å²) in [5.41, 5.74) is 1.01. The molecule has 1 nitrogen and oxygen atoms in total. The Hall–Kier alpha value is -0.410. The molecule has 20 heavy (non-hydrogen) atoms. The summed E-state index contributed by atoms with van der Waals surface area (Å²) in [5.74, 6) is 0.543. The number of benzene rings is 1. The lowest BCUT2D eigenvalue weighted by molar-refractivity contribution is 0.159. The zero-order valence-electron chi connectivity index (χ0n) is 12.7. The van der Waals surface area contributed by atoms with Crippen LogP contribution >= 0.6 is 15.9 Å². The minimum Gasteiger partial charge on any atom is -0.312 e. The van der Waals surface area contributed by atoms with Gasteiger partial charge in [-0.3, -0.25) is 0 Å².